The Balaban J connectivity index is 1.42. The highest BCUT2D eigenvalue weighted by molar-refractivity contribution is 5.99. The fraction of sp³-hybridized carbons (Fsp3) is 0.500. The van der Waals surface area contributed by atoms with E-state index in [4.69, 9.17) is 0 Å². The van der Waals surface area contributed by atoms with Gasteiger partial charge in [-0.05, 0) is 51.9 Å². The summed E-state index contributed by atoms with van der Waals surface area (Å²) in [5, 5.41) is 4.31. The Morgan fingerprint density at radius 1 is 1.09 bits per heavy atom. The van der Waals surface area contributed by atoms with Gasteiger partial charge in [-0.15, -0.1) is 0 Å². The van der Waals surface area contributed by atoms with Gasteiger partial charge in [-0.3, -0.25) is 9.69 Å². The third kappa shape index (κ3) is 3.03. The molecule has 3 aromatic heterocycles. The van der Waals surface area contributed by atoms with Crippen molar-refractivity contribution in [3.05, 3.63) is 52.7 Å². The Morgan fingerprint density at radius 3 is 2.50 bits per heavy atom. The summed E-state index contributed by atoms with van der Waals surface area (Å²) >= 11 is 0. The van der Waals surface area contributed by atoms with Crippen molar-refractivity contribution in [3.63, 3.8) is 0 Å². The summed E-state index contributed by atoms with van der Waals surface area (Å²) in [7, 11) is 1.96. The van der Waals surface area contributed by atoms with E-state index in [1.54, 1.807) is 21.7 Å². The first-order valence-corrected chi connectivity index (χ1v) is 10.7. The molecule has 170 valence electrons. The van der Waals surface area contributed by atoms with Crippen molar-refractivity contribution in [1.29, 1.82) is 0 Å². The Kier molecular flexibility index (Phi) is 4.63. The molecule has 32 heavy (non-hydrogen) atoms. The van der Waals surface area contributed by atoms with E-state index in [9.17, 15) is 18.0 Å². The second-order valence-corrected chi connectivity index (χ2v) is 8.83. The average Bonchev–Trinajstić information content (AvgIpc) is 3.36. The molecule has 2 aliphatic heterocycles. The minimum atomic E-state index is -4.38. The minimum Gasteiger partial charge on any atom is -0.338 e. The molecular weight excluding hydrogens is 421 g/mol. The largest absolute Gasteiger partial charge is 0.431 e. The van der Waals surface area contributed by atoms with Crippen molar-refractivity contribution in [2.24, 2.45) is 0 Å². The zero-order valence-corrected chi connectivity index (χ0v) is 18.3. The van der Waals surface area contributed by atoms with Crippen molar-refractivity contribution in [2.75, 3.05) is 26.7 Å². The van der Waals surface area contributed by atoms with Gasteiger partial charge >= 0.3 is 6.18 Å². The zero-order chi connectivity index (χ0) is 22.8. The number of rotatable bonds is 1. The van der Waals surface area contributed by atoms with Gasteiger partial charge in [0.25, 0.3) is 5.91 Å². The maximum Gasteiger partial charge on any atom is 0.431 e. The molecule has 5 rings (SSSR count). The molecule has 1 saturated heterocycles. The highest BCUT2D eigenvalue weighted by Gasteiger charge is 2.47. The molecule has 0 radical (unpaired) electrons. The molecular formula is C22H25F3N6O. The number of carbonyl (C=O) groups is 1. The van der Waals surface area contributed by atoms with Gasteiger partial charge in [0.15, 0.2) is 5.65 Å². The van der Waals surface area contributed by atoms with Crippen LogP contribution in [0.15, 0.2) is 24.4 Å². The number of alkyl halides is 3. The molecule has 0 atom stereocenters. The maximum atomic E-state index is 13.5. The number of nitrogens with zero attached hydrogens (tertiary/aromatic N) is 6. The fourth-order valence-electron chi connectivity index (χ4n) is 5.33. The Labute approximate surface area is 183 Å². The summed E-state index contributed by atoms with van der Waals surface area (Å²) in [6, 6.07) is 4.70. The number of hydrogen-bond acceptors (Lipinski definition) is 4. The van der Waals surface area contributed by atoms with E-state index in [-0.39, 0.29) is 5.91 Å². The molecule has 3 aromatic rings. The number of carbonyl (C=O) groups excluding carboxylic acids is 1. The van der Waals surface area contributed by atoms with Crippen LogP contribution in [0.25, 0.3) is 5.65 Å². The number of likely N-dealkylation sites (tertiary alicyclic amines) is 1. The second kappa shape index (κ2) is 7.06. The number of aromatic nitrogens is 4. The average molecular weight is 446 g/mol. The topological polar surface area (TPSA) is 58.7 Å². The van der Waals surface area contributed by atoms with E-state index in [2.05, 4.69) is 15.0 Å². The fourth-order valence-corrected chi connectivity index (χ4v) is 5.33. The lowest BCUT2D eigenvalue weighted by molar-refractivity contribution is -0.144. The van der Waals surface area contributed by atoms with E-state index in [0.29, 0.717) is 55.9 Å². The summed E-state index contributed by atoms with van der Waals surface area (Å²) in [4.78, 5) is 21.7. The Bertz CT molecular complexity index is 1200. The molecule has 1 fully saturated rings. The standard InChI is InChI=1S/C22H25F3N6O/c1-14-12-15(2)31-19(27-14)16(13-26-31)20(32)29-8-6-21(7-9-29)17-4-5-18(22(23,24)25)30(17)11-10-28(21)3/h4-5,12-13H,6-11H2,1-3H3. The third-order valence-corrected chi connectivity index (χ3v) is 7.02. The van der Waals surface area contributed by atoms with Crippen LogP contribution in [-0.2, 0) is 18.3 Å². The highest BCUT2D eigenvalue weighted by Crippen LogP contribution is 2.44. The van der Waals surface area contributed by atoms with Crippen molar-refractivity contribution >= 4 is 11.6 Å². The van der Waals surface area contributed by atoms with E-state index in [0.717, 1.165) is 11.4 Å². The number of amides is 1. The van der Waals surface area contributed by atoms with Crippen LogP contribution in [-0.4, -0.2) is 61.6 Å². The third-order valence-electron chi connectivity index (χ3n) is 7.02. The number of likely N-dealkylation sites (N-methyl/N-ethyl adjacent to an activating group) is 1. The number of halogens is 3. The van der Waals surface area contributed by atoms with Gasteiger partial charge in [0.1, 0.15) is 11.3 Å². The molecule has 1 spiro atoms. The maximum absolute atomic E-state index is 13.5. The number of hydrogen-bond donors (Lipinski definition) is 0. The van der Waals surface area contributed by atoms with Crippen LogP contribution in [0.1, 0.15) is 46.0 Å². The molecule has 0 saturated carbocycles. The Hall–Kier alpha value is -2.88. The highest BCUT2D eigenvalue weighted by atomic mass is 19.4. The lowest BCUT2D eigenvalue weighted by Gasteiger charge is -2.50. The molecule has 1 amide bonds. The summed E-state index contributed by atoms with van der Waals surface area (Å²) in [5.74, 6) is -0.142. The first-order chi connectivity index (χ1) is 15.1. The van der Waals surface area contributed by atoms with Crippen molar-refractivity contribution < 1.29 is 18.0 Å². The molecule has 0 N–H and O–H groups in total. The molecule has 7 nitrogen and oxygen atoms in total. The summed E-state index contributed by atoms with van der Waals surface area (Å²) in [6.07, 6.45) is -1.68. The van der Waals surface area contributed by atoms with Gasteiger partial charge in [-0.2, -0.15) is 18.3 Å². The quantitative estimate of drug-likeness (QED) is 0.576. The van der Waals surface area contributed by atoms with Crippen LogP contribution in [0.5, 0.6) is 0 Å². The monoisotopic (exact) mass is 446 g/mol. The van der Waals surface area contributed by atoms with Crippen molar-refractivity contribution in [2.45, 2.75) is 44.9 Å². The SMILES string of the molecule is Cc1cc(C)n2ncc(C(=O)N3CCC4(CC3)c3ccc(C(F)(F)F)n3CCN4C)c2n1. The van der Waals surface area contributed by atoms with Crippen molar-refractivity contribution in [1.82, 2.24) is 29.0 Å². The van der Waals surface area contributed by atoms with E-state index >= 15 is 0 Å². The molecule has 0 aromatic carbocycles. The predicted octanol–water partition coefficient (Wildman–Crippen LogP) is 3.24. The second-order valence-electron chi connectivity index (χ2n) is 8.83. The minimum absolute atomic E-state index is 0.142. The molecule has 0 unspecified atom stereocenters. The van der Waals surface area contributed by atoms with E-state index in [1.165, 1.54) is 10.6 Å². The van der Waals surface area contributed by atoms with E-state index < -0.39 is 17.4 Å². The van der Waals surface area contributed by atoms with E-state index in [1.807, 2.05) is 27.0 Å². The zero-order valence-electron chi connectivity index (χ0n) is 18.3. The van der Waals surface area contributed by atoms with Crippen LogP contribution in [0.4, 0.5) is 13.2 Å². The number of piperidine rings is 1. The first-order valence-electron chi connectivity index (χ1n) is 10.7. The molecule has 0 aliphatic carbocycles. The predicted molar refractivity (Wildman–Crippen MR) is 111 cm³/mol. The Morgan fingerprint density at radius 2 is 1.81 bits per heavy atom. The molecule has 10 heteroatoms. The first kappa shape index (κ1) is 21.0. The van der Waals surface area contributed by atoms with Gasteiger partial charge < -0.3 is 9.47 Å². The van der Waals surface area contributed by atoms with Gasteiger partial charge in [0.2, 0.25) is 0 Å². The van der Waals surface area contributed by atoms with Gasteiger partial charge in [0.05, 0.1) is 11.7 Å². The summed E-state index contributed by atoms with van der Waals surface area (Å²) in [6.45, 7) is 5.55. The van der Waals surface area contributed by atoms with Crippen LogP contribution in [0.2, 0.25) is 0 Å². The van der Waals surface area contributed by atoms with Crippen LogP contribution >= 0.6 is 0 Å². The lowest BCUT2D eigenvalue weighted by atomic mass is 9.81. The molecule has 0 bridgehead atoms. The van der Waals surface area contributed by atoms with Crippen LogP contribution in [0, 0.1) is 13.8 Å². The number of aryl methyl sites for hydroxylation is 2. The summed E-state index contributed by atoms with van der Waals surface area (Å²) < 4.78 is 43.5. The van der Waals surface area contributed by atoms with Crippen LogP contribution < -0.4 is 0 Å². The molecule has 5 heterocycles. The molecule has 2 aliphatic rings. The van der Waals surface area contributed by atoms with Crippen molar-refractivity contribution in [3.8, 4) is 0 Å². The van der Waals surface area contributed by atoms with Gasteiger partial charge in [-0.25, -0.2) is 9.50 Å². The lowest BCUT2D eigenvalue weighted by Crippen LogP contribution is -2.56. The smallest absolute Gasteiger partial charge is 0.338 e. The van der Waals surface area contributed by atoms with Crippen LogP contribution in [0.3, 0.4) is 0 Å². The van der Waals surface area contributed by atoms with Gasteiger partial charge in [-0.1, -0.05) is 0 Å². The number of fused-ring (bicyclic) bond motifs is 3. The summed E-state index contributed by atoms with van der Waals surface area (Å²) in [5.41, 5.74) is 2.28. The normalized spacial score (nSPS) is 19.0. The van der Waals surface area contributed by atoms with Gasteiger partial charge in [0, 0.05) is 43.3 Å².